The van der Waals surface area contributed by atoms with Crippen LogP contribution in [0.3, 0.4) is 0 Å². The molecule has 0 atom stereocenters. The first kappa shape index (κ1) is 8.78. The molecule has 0 aromatic carbocycles. The van der Waals surface area contributed by atoms with Crippen LogP contribution in [0.5, 0.6) is 0 Å². The first-order valence-corrected chi connectivity index (χ1v) is 4.96. The van der Waals surface area contributed by atoms with E-state index < -0.39 is 0 Å². The Morgan fingerprint density at radius 3 is 2.20 bits per heavy atom. The number of nitrogens with zero attached hydrogens (tertiary/aromatic N) is 1. The molecule has 0 bridgehead atoms. The molecule has 10 heavy (non-hydrogen) atoms. The Bertz CT molecular complexity index is 93.8. The van der Waals surface area contributed by atoms with Crippen molar-refractivity contribution in [2.45, 2.75) is 32.7 Å². The molecule has 1 saturated carbocycles. The smallest absolute Gasteiger partial charge is 0.0201 e. The molecule has 1 rings (SSSR count). The van der Waals surface area contributed by atoms with Gasteiger partial charge in [-0.1, -0.05) is 13.8 Å². The predicted molar refractivity (Wildman–Crippen MR) is 53.1 cm³/mol. The van der Waals surface area contributed by atoms with Crippen LogP contribution in [0.1, 0.15) is 26.7 Å². The van der Waals surface area contributed by atoms with E-state index in [1.165, 1.54) is 12.8 Å². The first-order chi connectivity index (χ1) is 4.61. The van der Waals surface area contributed by atoms with Gasteiger partial charge in [0.2, 0.25) is 0 Å². The van der Waals surface area contributed by atoms with Gasteiger partial charge in [0, 0.05) is 28.9 Å². The van der Waals surface area contributed by atoms with Crippen LogP contribution in [0.4, 0.5) is 0 Å². The summed E-state index contributed by atoms with van der Waals surface area (Å²) in [5.41, 5.74) is 0. The molecule has 0 aliphatic heterocycles. The molecule has 1 aliphatic rings. The van der Waals surface area contributed by atoms with Crippen molar-refractivity contribution in [1.82, 2.24) is 3.11 Å². The van der Waals surface area contributed by atoms with E-state index in [0.717, 1.165) is 17.9 Å². The van der Waals surface area contributed by atoms with E-state index in [1.54, 1.807) is 0 Å². The van der Waals surface area contributed by atoms with E-state index >= 15 is 0 Å². The van der Waals surface area contributed by atoms with Gasteiger partial charge in [0.05, 0.1) is 0 Å². The predicted octanol–water partition coefficient (Wildman–Crippen LogP) is 2.70. The van der Waals surface area contributed by atoms with E-state index in [2.05, 4.69) is 46.9 Å². The maximum absolute atomic E-state index is 2.39. The van der Waals surface area contributed by atoms with Crippen LogP contribution in [0, 0.1) is 11.8 Å². The number of rotatable bonds is 2. The summed E-state index contributed by atoms with van der Waals surface area (Å²) >= 11 is 2.39. The van der Waals surface area contributed by atoms with E-state index in [4.69, 9.17) is 0 Å². The maximum atomic E-state index is 2.39. The summed E-state index contributed by atoms with van der Waals surface area (Å²) in [7, 11) is 2.17. The fraction of sp³-hybridized carbons (Fsp3) is 1.00. The normalized spacial score (nSPS) is 33.0. The topological polar surface area (TPSA) is 3.24 Å². The van der Waals surface area contributed by atoms with Gasteiger partial charge in [-0.2, -0.15) is 0 Å². The van der Waals surface area contributed by atoms with Gasteiger partial charge in [0.15, 0.2) is 0 Å². The second-order valence-electron chi connectivity index (χ2n) is 3.65. The van der Waals surface area contributed by atoms with Gasteiger partial charge in [-0.05, 0) is 31.7 Å². The van der Waals surface area contributed by atoms with Crippen molar-refractivity contribution in [3.8, 4) is 0 Å². The summed E-state index contributed by atoms with van der Waals surface area (Å²) in [6.07, 6.45) is 2.83. The molecule has 0 radical (unpaired) electrons. The Hall–Kier alpha value is 0.690. The summed E-state index contributed by atoms with van der Waals surface area (Å²) in [5.74, 6) is 1.90. The van der Waals surface area contributed by atoms with Crippen molar-refractivity contribution in [2.24, 2.45) is 11.8 Å². The highest BCUT2D eigenvalue weighted by atomic mass is 127. The van der Waals surface area contributed by atoms with Gasteiger partial charge >= 0.3 is 0 Å². The summed E-state index contributed by atoms with van der Waals surface area (Å²) in [6, 6.07) is 0.869. The molecule has 1 nitrogen and oxygen atoms in total. The standard InChI is InChI=1S/C8H16IN/c1-6(2)7-4-8(5-7)10(3)9/h6-8H,4-5H2,1-3H3. The summed E-state index contributed by atoms with van der Waals surface area (Å²) in [4.78, 5) is 0. The molecule has 2 heteroatoms. The molecule has 0 aromatic rings. The van der Waals surface area contributed by atoms with E-state index in [9.17, 15) is 0 Å². The highest BCUT2D eigenvalue weighted by Crippen LogP contribution is 2.37. The van der Waals surface area contributed by atoms with Gasteiger partial charge in [0.1, 0.15) is 0 Å². The van der Waals surface area contributed by atoms with E-state index in [-0.39, 0.29) is 0 Å². The number of hydrogen-bond acceptors (Lipinski definition) is 1. The Morgan fingerprint density at radius 1 is 1.40 bits per heavy atom. The average Bonchev–Trinajstić information content (AvgIpc) is 1.56. The van der Waals surface area contributed by atoms with Crippen molar-refractivity contribution in [3.63, 3.8) is 0 Å². The lowest BCUT2D eigenvalue weighted by Gasteiger charge is -2.40. The molecule has 0 N–H and O–H groups in total. The number of hydrogen-bond donors (Lipinski definition) is 0. The van der Waals surface area contributed by atoms with Crippen molar-refractivity contribution in [1.29, 1.82) is 0 Å². The monoisotopic (exact) mass is 253 g/mol. The van der Waals surface area contributed by atoms with Gasteiger partial charge in [0.25, 0.3) is 0 Å². The highest BCUT2D eigenvalue weighted by Gasteiger charge is 2.32. The van der Waals surface area contributed by atoms with E-state index in [0.29, 0.717) is 0 Å². The van der Waals surface area contributed by atoms with Gasteiger partial charge in [-0.15, -0.1) is 0 Å². The van der Waals surface area contributed by atoms with Crippen LogP contribution in [-0.2, 0) is 0 Å². The molecular formula is C8H16IN. The third-order valence-corrected chi connectivity index (χ3v) is 3.38. The molecule has 60 valence electrons. The summed E-state index contributed by atoms with van der Waals surface area (Å²) < 4.78 is 2.32. The zero-order chi connectivity index (χ0) is 7.72. The first-order valence-electron chi connectivity index (χ1n) is 4.00. The minimum Gasteiger partial charge on any atom is -0.248 e. The lowest BCUT2D eigenvalue weighted by atomic mass is 9.74. The van der Waals surface area contributed by atoms with Crippen molar-refractivity contribution in [3.05, 3.63) is 0 Å². The van der Waals surface area contributed by atoms with Crippen molar-refractivity contribution < 1.29 is 0 Å². The second-order valence-corrected chi connectivity index (χ2v) is 5.18. The molecule has 1 fully saturated rings. The fourth-order valence-electron chi connectivity index (χ4n) is 1.46. The van der Waals surface area contributed by atoms with Crippen LogP contribution in [0.25, 0.3) is 0 Å². The molecule has 0 saturated heterocycles. The molecule has 0 amide bonds. The largest absolute Gasteiger partial charge is 0.248 e. The van der Waals surface area contributed by atoms with Crippen LogP contribution in [0.2, 0.25) is 0 Å². The Balaban J connectivity index is 2.18. The molecule has 1 aliphatic carbocycles. The summed E-state index contributed by atoms with van der Waals surface area (Å²) in [6.45, 7) is 4.65. The van der Waals surface area contributed by atoms with Gasteiger partial charge in [-0.3, -0.25) is 0 Å². The quantitative estimate of drug-likeness (QED) is 0.540. The molecule has 0 aromatic heterocycles. The third kappa shape index (κ3) is 1.84. The lowest BCUT2D eigenvalue weighted by molar-refractivity contribution is 0.140. The number of halogens is 1. The fourth-order valence-corrected chi connectivity index (χ4v) is 1.92. The maximum Gasteiger partial charge on any atom is 0.0201 e. The van der Waals surface area contributed by atoms with Gasteiger partial charge < -0.3 is 0 Å². The van der Waals surface area contributed by atoms with E-state index in [1.807, 2.05) is 0 Å². The Morgan fingerprint density at radius 2 is 1.90 bits per heavy atom. The van der Waals surface area contributed by atoms with Crippen LogP contribution in [-0.4, -0.2) is 16.2 Å². The Labute approximate surface area is 77.7 Å². The highest BCUT2D eigenvalue weighted by molar-refractivity contribution is 14.1. The lowest BCUT2D eigenvalue weighted by Crippen LogP contribution is -2.39. The minimum atomic E-state index is 0.869. The van der Waals surface area contributed by atoms with Crippen LogP contribution in [0.15, 0.2) is 0 Å². The zero-order valence-electron chi connectivity index (χ0n) is 6.97. The minimum absolute atomic E-state index is 0.869. The molecule has 0 spiro atoms. The second kappa shape index (κ2) is 3.39. The SMILES string of the molecule is CC(C)C1CC(N(C)I)C1. The molecule has 0 unspecified atom stereocenters. The summed E-state index contributed by atoms with van der Waals surface area (Å²) in [5, 5.41) is 0. The Kier molecular flexibility index (Phi) is 2.98. The van der Waals surface area contributed by atoms with Crippen molar-refractivity contribution >= 4 is 22.9 Å². The molecule has 0 heterocycles. The van der Waals surface area contributed by atoms with Crippen molar-refractivity contribution in [2.75, 3.05) is 7.05 Å². The van der Waals surface area contributed by atoms with Gasteiger partial charge in [-0.25, -0.2) is 3.11 Å². The third-order valence-electron chi connectivity index (χ3n) is 2.60. The molecular weight excluding hydrogens is 237 g/mol. The zero-order valence-corrected chi connectivity index (χ0v) is 9.13. The average molecular weight is 253 g/mol. The van der Waals surface area contributed by atoms with Crippen LogP contribution >= 0.6 is 22.9 Å². The van der Waals surface area contributed by atoms with Crippen LogP contribution < -0.4 is 0 Å².